The quantitative estimate of drug-likeness (QED) is 0.361. The molecule has 1 aromatic rings. The Labute approximate surface area is 205 Å². The first-order valence-corrected chi connectivity index (χ1v) is 11.9. The van der Waals surface area contributed by atoms with E-state index in [9.17, 15) is 24.0 Å². The second-order valence-electron chi connectivity index (χ2n) is 11.6. The number of rotatable bonds is 6. The Balaban J connectivity index is 1.55. The van der Waals surface area contributed by atoms with Gasteiger partial charge in [0.25, 0.3) is 5.91 Å². The number of ether oxygens (including phenoxy) is 1. The van der Waals surface area contributed by atoms with Gasteiger partial charge in [-0.1, -0.05) is 41.5 Å². The van der Waals surface area contributed by atoms with Crippen LogP contribution < -0.4 is 10.6 Å². The molecule has 1 saturated carbocycles. The second kappa shape index (κ2) is 9.43. The zero-order chi connectivity index (χ0) is 26.2. The van der Waals surface area contributed by atoms with Gasteiger partial charge in [0.15, 0.2) is 12.4 Å². The fraction of sp³-hybridized carbons (Fsp3) is 0.577. The molecule has 35 heavy (non-hydrogen) atoms. The third-order valence-corrected chi connectivity index (χ3v) is 6.42. The minimum atomic E-state index is -1.00. The highest BCUT2D eigenvalue weighted by Gasteiger charge is 2.56. The summed E-state index contributed by atoms with van der Waals surface area (Å²) in [5.74, 6) is -1.60. The summed E-state index contributed by atoms with van der Waals surface area (Å²) in [7, 11) is 0. The normalized spacial score (nSPS) is 23.7. The van der Waals surface area contributed by atoms with Gasteiger partial charge >= 0.3 is 12.0 Å². The Morgan fingerprint density at radius 1 is 1.11 bits per heavy atom. The summed E-state index contributed by atoms with van der Waals surface area (Å²) in [4.78, 5) is 63.4. The Morgan fingerprint density at radius 3 is 2.31 bits per heavy atom. The standard InChI is InChI=1S/C26H35N3O6/c1-16-11-25(5,6)15-26(12-16)22(33)29(23(34)28-26)13-20(31)35-14-19(30)17-7-9-18(10-8-17)27-21(32)24(2,3)4/h7-10,16H,11-15H2,1-6H3,(H,27,32)(H,28,34). The molecule has 2 fully saturated rings. The lowest BCUT2D eigenvalue weighted by molar-refractivity contribution is -0.147. The summed E-state index contributed by atoms with van der Waals surface area (Å²) in [5.41, 5.74) is -0.820. The number of carbonyl (C=O) groups is 5. The van der Waals surface area contributed by atoms with Crippen molar-refractivity contribution in [3.63, 3.8) is 0 Å². The van der Waals surface area contributed by atoms with E-state index in [1.807, 2.05) is 0 Å². The molecule has 1 aromatic carbocycles. The molecule has 3 rings (SSSR count). The maximum atomic E-state index is 13.1. The highest BCUT2D eigenvalue weighted by Crippen LogP contribution is 2.46. The van der Waals surface area contributed by atoms with Gasteiger partial charge in [0.1, 0.15) is 12.1 Å². The molecular weight excluding hydrogens is 450 g/mol. The molecule has 2 aliphatic rings. The number of nitrogens with one attached hydrogen (secondary N) is 2. The first-order valence-electron chi connectivity index (χ1n) is 11.9. The Kier molecular flexibility index (Phi) is 7.11. The minimum Gasteiger partial charge on any atom is -0.456 e. The van der Waals surface area contributed by atoms with Crippen molar-refractivity contribution in [2.24, 2.45) is 16.7 Å². The number of nitrogens with zero attached hydrogens (tertiary/aromatic N) is 1. The number of carbonyl (C=O) groups excluding carboxylic acids is 5. The number of hydrogen-bond acceptors (Lipinski definition) is 6. The predicted octanol–water partition coefficient (Wildman–Crippen LogP) is 3.53. The summed E-state index contributed by atoms with van der Waals surface area (Å²) < 4.78 is 5.06. The van der Waals surface area contributed by atoms with Crippen LogP contribution in [0.1, 0.15) is 71.2 Å². The fourth-order valence-electron chi connectivity index (χ4n) is 5.11. The van der Waals surface area contributed by atoms with Gasteiger partial charge in [0, 0.05) is 16.7 Å². The number of esters is 1. The number of benzene rings is 1. The highest BCUT2D eigenvalue weighted by atomic mass is 16.5. The van der Waals surface area contributed by atoms with Crippen molar-refractivity contribution in [3.05, 3.63) is 29.8 Å². The zero-order valence-corrected chi connectivity index (χ0v) is 21.3. The van der Waals surface area contributed by atoms with E-state index >= 15 is 0 Å². The van der Waals surface area contributed by atoms with E-state index in [1.165, 1.54) is 12.1 Å². The van der Waals surface area contributed by atoms with Crippen LogP contribution in [0.3, 0.4) is 0 Å². The average Bonchev–Trinajstić information content (AvgIpc) is 2.93. The van der Waals surface area contributed by atoms with Crippen LogP contribution >= 0.6 is 0 Å². The summed E-state index contributed by atoms with van der Waals surface area (Å²) in [5, 5.41) is 5.58. The molecule has 2 atom stereocenters. The van der Waals surface area contributed by atoms with Crippen LogP contribution in [0.5, 0.6) is 0 Å². The molecule has 1 saturated heterocycles. The van der Waals surface area contributed by atoms with Gasteiger partial charge in [-0.15, -0.1) is 0 Å². The molecular formula is C26H35N3O6. The van der Waals surface area contributed by atoms with Gasteiger partial charge in [0.05, 0.1) is 0 Å². The topological polar surface area (TPSA) is 122 Å². The van der Waals surface area contributed by atoms with Crippen molar-refractivity contribution in [2.45, 2.75) is 66.3 Å². The van der Waals surface area contributed by atoms with Crippen LogP contribution in [0.15, 0.2) is 24.3 Å². The van der Waals surface area contributed by atoms with Gasteiger partial charge < -0.3 is 15.4 Å². The van der Waals surface area contributed by atoms with Crippen molar-refractivity contribution in [2.75, 3.05) is 18.5 Å². The molecule has 9 heteroatoms. The molecule has 0 bridgehead atoms. The highest BCUT2D eigenvalue weighted by molar-refractivity contribution is 6.09. The maximum absolute atomic E-state index is 13.1. The van der Waals surface area contributed by atoms with Crippen molar-refractivity contribution in [1.29, 1.82) is 0 Å². The van der Waals surface area contributed by atoms with Gasteiger partial charge in [-0.05, 0) is 54.9 Å². The van der Waals surface area contributed by atoms with Crippen molar-refractivity contribution in [3.8, 4) is 0 Å². The molecule has 0 radical (unpaired) electrons. The van der Waals surface area contributed by atoms with Gasteiger partial charge in [-0.2, -0.15) is 0 Å². The third kappa shape index (κ3) is 6.07. The number of imide groups is 1. The van der Waals surface area contributed by atoms with Crippen LogP contribution in [0, 0.1) is 16.7 Å². The van der Waals surface area contributed by atoms with Crippen LogP contribution in [0.4, 0.5) is 10.5 Å². The zero-order valence-electron chi connectivity index (χ0n) is 21.3. The van der Waals surface area contributed by atoms with Gasteiger partial charge in [0.2, 0.25) is 5.91 Å². The average molecular weight is 486 g/mol. The summed E-state index contributed by atoms with van der Waals surface area (Å²) >= 11 is 0. The molecule has 190 valence electrons. The number of amides is 4. The predicted molar refractivity (Wildman–Crippen MR) is 130 cm³/mol. The van der Waals surface area contributed by atoms with Crippen molar-refractivity contribution in [1.82, 2.24) is 10.2 Å². The summed E-state index contributed by atoms with van der Waals surface area (Å²) in [6.07, 6.45) is 1.98. The Bertz CT molecular complexity index is 1040. The molecule has 2 unspecified atom stereocenters. The number of ketones is 1. The van der Waals surface area contributed by atoms with Gasteiger partial charge in [-0.25, -0.2) is 4.79 Å². The first kappa shape index (κ1) is 26.4. The Hall–Kier alpha value is -3.23. The Morgan fingerprint density at radius 2 is 1.74 bits per heavy atom. The molecule has 1 spiro atoms. The lowest BCUT2D eigenvalue weighted by Crippen LogP contribution is -2.54. The summed E-state index contributed by atoms with van der Waals surface area (Å²) in [6.45, 7) is 10.5. The molecule has 2 N–H and O–H groups in total. The van der Waals surface area contributed by atoms with Gasteiger partial charge in [-0.3, -0.25) is 24.1 Å². The lowest BCUT2D eigenvalue weighted by atomic mass is 9.64. The van der Waals surface area contributed by atoms with Crippen LogP contribution in [0.25, 0.3) is 0 Å². The monoisotopic (exact) mass is 485 g/mol. The molecule has 4 amide bonds. The van der Waals surface area contributed by atoms with E-state index < -0.39 is 47.8 Å². The van der Waals surface area contributed by atoms with E-state index in [-0.39, 0.29) is 17.2 Å². The SMILES string of the molecule is CC1CC(C)(C)CC2(C1)NC(=O)N(CC(=O)OCC(=O)c1ccc(NC(=O)C(C)(C)C)cc1)C2=O. The summed E-state index contributed by atoms with van der Waals surface area (Å²) in [6, 6.07) is 5.63. The van der Waals surface area contributed by atoms with E-state index in [4.69, 9.17) is 4.74 Å². The molecule has 1 aliphatic heterocycles. The second-order valence-corrected chi connectivity index (χ2v) is 11.6. The molecule has 0 aromatic heterocycles. The van der Waals surface area contributed by atoms with E-state index in [0.717, 1.165) is 11.3 Å². The number of Topliss-reactive ketones (excluding diaryl/α,β-unsaturated/α-hetero) is 1. The molecule has 9 nitrogen and oxygen atoms in total. The number of hydrogen-bond donors (Lipinski definition) is 2. The van der Waals surface area contributed by atoms with E-state index in [0.29, 0.717) is 24.1 Å². The first-order chi connectivity index (χ1) is 16.1. The van der Waals surface area contributed by atoms with Crippen LogP contribution in [0.2, 0.25) is 0 Å². The number of urea groups is 1. The third-order valence-electron chi connectivity index (χ3n) is 6.42. The largest absolute Gasteiger partial charge is 0.456 e. The molecule has 1 heterocycles. The van der Waals surface area contributed by atoms with Crippen LogP contribution in [-0.2, 0) is 19.1 Å². The van der Waals surface area contributed by atoms with Crippen LogP contribution in [-0.4, -0.2) is 53.2 Å². The number of anilines is 1. The van der Waals surface area contributed by atoms with E-state index in [2.05, 4.69) is 31.4 Å². The fourth-order valence-corrected chi connectivity index (χ4v) is 5.11. The lowest BCUT2D eigenvalue weighted by Gasteiger charge is -2.43. The maximum Gasteiger partial charge on any atom is 0.326 e. The smallest absolute Gasteiger partial charge is 0.326 e. The molecule has 1 aliphatic carbocycles. The minimum absolute atomic E-state index is 0.116. The van der Waals surface area contributed by atoms with E-state index in [1.54, 1.807) is 32.9 Å². The van der Waals surface area contributed by atoms with Crippen molar-refractivity contribution < 1.29 is 28.7 Å². The van der Waals surface area contributed by atoms with Crippen molar-refractivity contribution >= 4 is 35.3 Å².